The van der Waals surface area contributed by atoms with Gasteiger partial charge in [0.25, 0.3) is 0 Å². The standard InChI is InChI=1S/C10H18ClN/c11-7-3-4-8-12-9-10-5-1-2-6-10/h3-4,10,12H,1-2,5-9H2/b4-3+. The van der Waals surface area contributed by atoms with Crippen molar-refractivity contribution in [2.24, 2.45) is 5.92 Å². The Bertz CT molecular complexity index is 128. The average Bonchev–Trinajstić information content (AvgIpc) is 2.57. The lowest BCUT2D eigenvalue weighted by molar-refractivity contribution is 0.505. The van der Waals surface area contributed by atoms with E-state index < -0.39 is 0 Å². The summed E-state index contributed by atoms with van der Waals surface area (Å²) in [5, 5.41) is 3.42. The molecular weight excluding hydrogens is 170 g/mol. The maximum atomic E-state index is 5.49. The third-order valence-electron chi connectivity index (χ3n) is 2.43. The van der Waals surface area contributed by atoms with Crippen molar-refractivity contribution >= 4 is 11.6 Å². The van der Waals surface area contributed by atoms with Gasteiger partial charge in [-0.3, -0.25) is 0 Å². The second kappa shape index (κ2) is 6.50. The van der Waals surface area contributed by atoms with Gasteiger partial charge in [-0.15, -0.1) is 11.6 Å². The zero-order valence-corrected chi connectivity index (χ0v) is 8.32. The Morgan fingerprint density at radius 2 is 2.00 bits per heavy atom. The van der Waals surface area contributed by atoms with Crippen molar-refractivity contribution in [1.82, 2.24) is 5.32 Å². The van der Waals surface area contributed by atoms with Crippen molar-refractivity contribution in [3.63, 3.8) is 0 Å². The van der Waals surface area contributed by atoms with Crippen LogP contribution in [0, 0.1) is 5.92 Å². The largest absolute Gasteiger partial charge is 0.313 e. The van der Waals surface area contributed by atoms with Crippen molar-refractivity contribution in [3.8, 4) is 0 Å². The lowest BCUT2D eigenvalue weighted by Crippen LogP contribution is -2.21. The first-order chi connectivity index (χ1) is 5.93. The van der Waals surface area contributed by atoms with Crippen molar-refractivity contribution in [1.29, 1.82) is 0 Å². The highest BCUT2D eigenvalue weighted by Gasteiger charge is 2.13. The molecule has 1 aliphatic rings. The SMILES string of the molecule is ClC/C=C/CNCC1CCCC1. The van der Waals surface area contributed by atoms with Gasteiger partial charge in [0.1, 0.15) is 0 Å². The molecule has 0 aliphatic heterocycles. The number of rotatable bonds is 5. The lowest BCUT2D eigenvalue weighted by Gasteiger charge is -2.07. The molecular formula is C10H18ClN. The number of nitrogens with one attached hydrogen (secondary N) is 1. The summed E-state index contributed by atoms with van der Waals surface area (Å²) in [5.41, 5.74) is 0. The first kappa shape index (κ1) is 10.1. The molecule has 0 aromatic heterocycles. The van der Waals surface area contributed by atoms with Crippen LogP contribution in [0.15, 0.2) is 12.2 Å². The van der Waals surface area contributed by atoms with E-state index in [0.29, 0.717) is 5.88 Å². The van der Waals surface area contributed by atoms with Crippen molar-refractivity contribution in [2.75, 3.05) is 19.0 Å². The van der Waals surface area contributed by atoms with Gasteiger partial charge in [0.15, 0.2) is 0 Å². The Kier molecular flexibility index (Phi) is 5.46. The molecule has 1 rings (SSSR count). The minimum atomic E-state index is 0.630. The summed E-state index contributed by atoms with van der Waals surface area (Å²) in [4.78, 5) is 0. The summed E-state index contributed by atoms with van der Waals surface area (Å²) in [7, 11) is 0. The average molecular weight is 188 g/mol. The molecule has 0 heterocycles. The zero-order valence-electron chi connectivity index (χ0n) is 7.56. The molecule has 0 saturated heterocycles. The van der Waals surface area contributed by atoms with E-state index >= 15 is 0 Å². The van der Waals surface area contributed by atoms with Gasteiger partial charge in [0.2, 0.25) is 0 Å². The quantitative estimate of drug-likeness (QED) is 0.396. The van der Waals surface area contributed by atoms with Crippen LogP contribution in [0.4, 0.5) is 0 Å². The van der Waals surface area contributed by atoms with E-state index in [9.17, 15) is 0 Å². The number of alkyl halides is 1. The number of hydrogen-bond donors (Lipinski definition) is 1. The minimum absolute atomic E-state index is 0.630. The Morgan fingerprint density at radius 3 is 2.67 bits per heavy atom. The third kappa shape index (κ3) is 4.13. The topological polar surface area (TPSA) is 12.0 Å². The van der Waals surface area contributed by atoms with Crippen molar-refractivity contribution in [2.45, 2.75) is 25.7 Å². The first-order valence-electron chi connectivity index (χ1n) is 4.85. The molecule has 0 atom stereocenters. The van der Waals surface area contributed by atoms with E-state index in [1.165, 1.54) is 32.2 Å². The molecule has 1 N–H and O–H groups in total. The minimum Gasteiger partial charge on any atom is -0.313 e. The van der Waals surface area contributed by atoms with Crippen LogP contribution in [0.1, 0.15) is 25.7 Å². The summed E-state index contributed by atoms with van der Waals surface area (Å²) in [6.45, 7) is 2.16. The van der Waals surface area contributed by atoms with Gasteiger partial charge in [-0.2, -0.15) is 0 Å². The Labute approximate surface area is 80.2 Å². The Balaban J connectivity index is 1.91. The van der Waals surface area contributed by atoms with Gasteiger partial charge in [-0.05, 0) is 25.3 Å². The highest BCUT2D eigenvalue weighted by Crippen LogP contribution is 2.23. The predicted molar refractivity (Wildman–Crippen MR) is 54.7 cm³/mol. The second-order valence-electron chi connectivity index (χ2n) is 3.43. The van der Waals surface area contributed by atoms with Crippen LogP contribution in [0.3, 0.4) is 0 Å². The van der Waals surface area contributed by atoms with Crippen LogP contribution in [-0.2, 0) is 0 Å². The van der Waals surface area contributed by atoms with E-state index in [2.05, 4.69) is 11.4 Å². The molecule has 1 aliphatic carbocycles. The fraction of sp³-hybridized carbons (Fsp3) is 0.800. The summed E-state index contributed by atoms with van der Waals surface area (Å²) in [5.74, 6) is 1.57. The molecule has 70 valence electrons. The van der Waals surface area contributed by atoms with E-state index in [-0.39, 0.29) is 0 Å². The zero-order chi connectivity index (χ0) is 8.65. The maximum Gasteiger partial charge on any atom is 0.0404 e. The van der Waals surface area contributed by atoms with Gasteiger partial charge in [-0.25, -0.2) is 0 Å². The molecule has 0 spiro atoms. The van der Waals surface area contributed by atoms with Crippen LogP contribution in [0.25, 0.3) is 0 Å². The molecule has 0 radical (unpaired) electrons. The van der Waals surface area contributed by atoms with Crippen molar-refractivity contribution < 1.29 is 0 Å². The normalized spacial score (nSPS) is 19.4. The number of allylic oxidation sites excluding steroid dienone is 1. The first-order valence-corrected chi connectivity index (χ1v) is 5.38. The van der Waals surface area contributed by atoms with Crippen LogP contribution < -0.4 is 5.32 Å². The van der Waals surface area contributed by atoms with Gasteiger partial charge in [0, 0.05) is 12.4 Å². The van der Waals surface area contributed by atoms with Crippen LogP contribution in [0.5, 0.6) is 0 Å². The summed E-state index contributed by atoms with van der Waals surface area (Å²) in [6, 6.07) is 0. The summed E-state index contributed by atoms with van der Waals surface area (Å²) in [6.07, 6.45) is 9.80. The molecule has 0 aromatic carbocycles. The van der Waals surface area contributed by atoms with Crippen LogP contribution >= 0.6 is 11.6 Å². The van der Waals surface area contributed by atoms with Gasteiger partial charge >= 0.3 is 0 Å². The fourth-order valence-electron chi connectivity index (χ4n) is 1.73. The Morgan fingerprint density at radius 1 is 1.25 bits per heavy atom. The van der Waals surface area contributed by atoms with Crippen LogP contribution in [0.2, 0.25) is 0 Å². The molecule has 0 amide bonds. The monoisotopic (exact) mass is 187 g/mol. The third-order valence-corrected chi connectivity index (χ3v) is 2.60. The summed E-state index contributed by atoms with van der Waals surface area (Å²) < 4.78 is 0. The smallest absolute Gasteiger partial charge is 0.0404 e. The maximum absolute atomic E-state index is 5.49. The van der Waals surface area contributed by atoms with E-state index in [4.69, 9.17) is 11.6 Å². The van der Waals surface area contributed by atoms with E-state index in [1.54, 1.807) is 0 Å². The number of hydrogen-bond acceptors (Lipinski definition) is 1. The highest BCUT2D eigenvalue weighted by molar-refractivity contribution is 6.18. The second-order valence-corrected chi connectivity index (χ2v) is 3.74. The molecule has 12 heavy (non-hydrogen) atoms. The number of halogens is 1. The van der Waals surface area contributed by atoms with Gasteiger partial charge < -0.3 is 5.32 Å². The van der Waals surface area contributed by atoms with E-state index in [0.717, 1.165) is 12.5 Å². The molecule has 0 unspecified atom stereocenters. The molecule has 1 saturated carbocycles. The van der Waals surface area contributed by atoms with Gasteiger partial charge in [-0.1, -0.05) is 25.0 Å². The van der Waals surface area contributed by atoms with Crippen molar-refractivity contribution in [3.05, 3.63) is 12.2 Å². The molecule has 1 fully saturated rings. The highest BCUT2D eigenvalue weighted by atomic mass is 35.5. The fourth-order valence-corrected chi connectivity index (χ4v) is 1.86. The van der Waals surface area contributed by atoms with E-state index in [1.807, 2.05) is 6.08 Å². The lowest BCUT2D eigenvalue weighted by atomic mass is 10.1. The molecule has 0 bridgehead atoms. The molecule has 1 nitrogen and oxygen atoms in total. The molecule has 2 heteroatoms. The Hall–Kier alpha value is -0.0100. The summed E-state index contributed by atoms with van der Waals surface area (Å²) >= 11 is 5.49. The predicted octanol–water partition coefficient (Wildman–Crippen LogP) is 2.56. The molecule has 0 aromatic rings. The van der Waals surface area contributed by atoms with Gasteiger partial charge in [0.05, 0.1) is 0 Å². The van der Waals surface area contributed by atoms with Crippen LogP contribution in [-0.4, -0.2) is 19.0 Å².